The lowest BCUT2D eigenvalue weighted by atomic mass is 9.93. The Morgan fingerprint density at radius 1 is 1.11 bits per heavy atom. The second kappa shape index (κ2) is 10.4. The SMILES string of the molecule is Cc1ccc(C(=O)NC2CC2)cc1-n1ccnc(NC(C)(C)c2ccccc2OC2CCNCC2)c1=O. The summed E-state index contributed by atoms with van der Waals surface area (Å²) >= 11 is 0. The molecule has 0 radical (unpaired) electrons. The number of carbonyl (C=O) groups is 1. The number of piperidine rings is 1. The first kappa shape index (κ1) is 25.0. The van der Waals surface area contributed by atoms with Crippen molar-refractivity contribution in [2.45, 2.75) is 64.1 Å². The minimum atomic E-state index is -0.629. The molecule has 0 spiro atoms. The molecule has 0 unspecified atom stereocenters. The second-order valence-electron chi connectivity index (χ2n) is 10.5. The van der Waals surface area contributed by atoms with Gasteiger partial charge in [-0.05, 0) is 83.3 Å². The van der Waals surface area contributed by atoms with E-state index in [-0.39, 0.29) is 29.4 Å². The van der Waals surface area contributed by atoms with Gasteiger partial charge < -0.3 is 20.7 Å². The van der Waals surface area contributed by atoms with Crippen LogP contribution in [0.25, 0.3) is 5.69 Å². The summed E-state index contributed by atoms with van der Waals surface area (Å²) < 4.78 is 7.94. The second-order valence-corrected chi connectivity index (χ2v) is 10.5. The molecule has 2 aliphatic rings. The molecule has 3 N–H and O–H groups in total. The molecular formula is C29H35N5O3. The third-order valence-corrected chi connectivity index (χ3v) is 7.06. The fraction of sp³-hybridized carbons (Fsp3) is 0.414. The lowest BCUT2D eigenvalue weighted by Crippen LogP contribution is -2.36. The predicted molar refractivity (Wildman–Crippen MR) is 145 cm³/mol. The number of hydrogen-bond donors (Lipinski definition) is 3. The number of aromatic nitrogens is 2. The molecule has 1 aliphatic heterocycles. The largest absolute Gasteiger partial charge is 0.490 e. The Labute approximate surface area is 217 Å². The van der Waals surface area contributed by atoms with Gasteiger partial charge in [0.2, 0.25) is 0 Å². The van der Waals surface area contributed by atoms with Crippen LogP contribution in [0.2, 0.25) is 0 Å². The summed E-state index contributed by atoms with van der Waals surface area (Å²) in [5.41, 5.74) is 2.13. The summed E-state index contributed by atoms with van der Waals surface area (Å²) in [6, 6.07) is 13.7. The van der Waals surface area contributed by atoms with Crippen LogP contribution >= 0.6 is 0 Å². The Balaban J connectivity index is 1.42. The first-order chi connectivity index (χ1) is 17.8. The van der Waals surface area contributed by atoms with E-state index in [9.17, 15) is 9.59 Å². The van der Waals surface area contributed by atoms with Gasteiger partial charge in [-0.2, -0.15) is 0 Å². The van der Waals surface area contributed by atoms with E-state index < -0.39 is 5.54 Å². The van der Waals surface area contributed by atoms with Gasteiger partial charge in [0, 0.05) is 29.6 Å². The maximum absolute atomic E-state index is 13.6. The normalized spacial score (nSPS) is 16.3. The van der Waals surface area contributed by atoms with E-state index in [1.807, 2.05) is 51.1 Å². The van der Waals surface area contributed by atoms with Gasteiger partial charge in [0.15, 0.2) is 5.82 Å². The molecule has 1 saturated carbocycles. The van der Waals surface area contributed by atoms with Crippen molar-refractivity contribution in [1.82, 2.24) is 20.2 Å². The zero-order chi connectivity index (χ0) is 26.0. The molecule has 1 aromatic heterocycles. The standard InChI is InChI=1S/C29H35N5O3/c1-19-8-9-20(27(35)32-21-10-11-21)18-24(19)34-17-16-31-26(28(34)36)33-29(2,3)23-6-4-5-7-25(23)37-22-12-14-30-15-13-22/h4-9,16-18,21-22,30H,10-15H2,1-3H3,(H,31,33)(H,32,35). The number of hydrogen-bond acceptors (Lipinski definition) is 6. The maximum Gasteiger partial charge on any atom is 0.297 e. The average Bonchev–Trinajstić information content (AvgIpc) is 3.70. The zero-order valence-electron chi connectivity index (χ0n) is 21.7. The van der Waals surface area contributed by atoms with Gasteiger partial charge in [-0.15, -0.1) is 0 Å². The van der Waals surface area contributed by atoms with Crippen LogP contribution in [0.5, 0.6) is 5.75 Å². The number of rotatable bonds is 8. The van der Waals surface area contributed by atoms with Gasteiger partial charge >= 0.3 is 0 Å². The van der Waals surface area contributed by atoms with E-state index in [0.29, 0.717) is 11.3 Å². The molecule has 2 aromatic carbocycles. The monoisotopic (exact) mass is 501 g/mol. The van der Waals surface area contributed by atoms with E-state index in [2.05, 4.69) is 20.9 Å². The summed E-state index contributed by atoms with van der Waals surface area (Å²) in [5, 5.41) is 9.74. The first-order valence-electron chi connectivity index (χ1n) is 13.1. The molecule has 0 atom stereocenters. The third kappa shape index (κ3) is 5.69. The van der Waals surface area contributed by atoms with E-state index in [1.165, 1.54) is 0 Å². The highest BCUT2D eigenvalue weighted by atomic mass is 16.5. The van der Waals surface area contributed by atoms with E-state index in [1.54, 1.807) is 29.1 Å². The number of nitrogens with one attached hydrogen (secondary N) is 3. The highest BCUT2D eigenvalue weighted by Gasteiger charge is 2.28. The van der Waals surface area contributed by atoms with Crippen LogP contribution in [0.1, 0.15) is 61.0 Å². The number of para-hydroxylation sites is 1. The Morgan fingerprint density at radius 3 is 2.62 bits per heavy atom. The smallest absolute Gasteiger partial charge is 0.297 e. The lowest BCUT2D eigenvalue weighted by molar-refractivity contribution is 0.0951. The van der Waals surface area contributed by atoms with E-state index >= 15 is 0 Å². The third-order valence-electron chi connectivity index (χ3n) is 7.06. The highest BCUT2D eigenvalue weighted by molar-refractivity contribution is 5.95. The Morgan fingerprint density at radius 2 is 1.86 bits per heavy atom. The Bertz CT molecular complexity index is 1340. The molecule has 1 aliphatic carbocycles. The molecule has 3 aromatic rings. The summed E-state index contributed by atoms with van der Waals surface area (Å²) in [5.74, 6) is 0.931. The number of ether oxygens (including phenoxy) is 1. The van der Waals surface area contributed by atoms with Crippen LogP contribution in [-0.4, -0.2) is 40.7 Å². The maximum atomic E-state index is 13.6. The number of amides is 1. The van der Waals surface area contributed by atoms with Crippen molar-refractivity contribution in [1.29, 1.82) is 0 Å². The van der Waals surface area contributed by atoms with Crippen LogP contribution in [-0.2, 0) is 5.54 Å². The van der Waals surface area contributed by atoms with Crippen LogP contribution < -0.4 is 26.2 Å². The summed E-state index contributed by atoms with van der Waals surface area (Å²) in [4.78, 5) is 30.6. The fourth-order valence-electron chi connectivity index (χ4n) is 4.74. The highest BCUT2D eigenvalue weighted by Crippen LogP contribution is 2.33. The van der Waals surface area contributed by atoms with Gasteiger partial charge in [-0.1, -0.05) is 24.3 Å². The minimum absolute atomic E-state index is 0.115. The molecule has 1 amide bonds. The van der Waals surface area contributed by atoms with Crippen molar-refractivity contribution < 1.29 is 9.53 Å². The molecule has 194 valence electrons. The summed E-state index contributed by atoms with van der Waals surface area (Å²) in [6.07, 6.45) is 7.37. The fourth-order valence-corrected chi connectivity index (χ4v) is 4.74. The van der Waals surface area contributed by atoms with Crippen molar-refractivity contribution in [3.63, 3.8) is 0 Å². The van der Waals surface area contributed by atoms with Crippen LogP contribution in [0.15, 0.2) is 59.7 Å². The molecule has 37 heavy (non-hydrogen) atoms. The average molecular weight is 502 g/mol. The van der Waals surface area contributed by atoms with Crippen LogP contribution in [0.4, 0.5) is 5.82 Å². The Kier molecular flexibility index (Phi) is 7.02. The van der Waals surface area contributed by atoms with Gasteiger partial charge in [0.05, 0.1) is 11.2 Å². The zero-order valence-corrected chi connectivity index (χ0v) is 21.7. The molecule has 0 bridgehead atoms. The van der Waals surface area contributed by atoms with Gasteiger partial charge in [-0.25, -0.2) is 4.98 Å². The van der Waals surface area contributed by atoms with Gasteiger partial charge in [0.1, 0.15) is 11.9 Å². The van der Waals surface area contributed by atoms with Crippen molar-refractivity contribution in [3.05, 3.63) is 81.9 Å². The van der Waals surface area contributed by atoms with E-state index in [4.69, 9.17) is 4.74 Å². The van der Waals surface area contributed by atoms with Crippen molar-refractivity contribution in [2.24, 2.45) is 0 Å². The number of anilines is 1. The molecule has 8 heteroatoms. The number of carbonyl (C=O) groups excluding carboxylic acids is 1. The molecule has 1 saturated heterocycles. The lowest BCUT2D eigenvalue weighted by Gasteiger charge is -2.31. The van der Waals surface area contributed by atoms with Gasteiger partial charge in [0.25, 0.3) is 11.5 Å². The van der Waals surface area contributed by atoms with Crippen molar-refractivity contribution in [2.75, 3.05) is 18.4 Å². The first-order valence-corrected chi connectivity index (χ1v) is 13.1. The van der Waals surface area contributed by atoms with Crippen molar-refractivity contribution >= 4 is 11.7 Å². The summed E-state index contributed by atoms with van der Waals surface area (Å²) in [7, 11) is 0. The van der Waals surface area contributed by atoms with Crippen LogP contribution in [0.3, 0.4) is 0 Å². The number of aryl methyl sites for hydroxylation is 1. The van der Waals surface area contributed by atoms with E-state index in [0.717, 1.165) is 55.6 Å². The molecule has 5 rings (SSSR count). The molecule has 2 heterocycles. The van der Waals surface area contributed by atoms with Gasteiger partial charge in [-0.3, -0.25) is 14.2 Å². The minimum Gasteiger partial charge on any atom is -0.490 e. The molecular weight excluding hydrogens is 466 g/mol. The number of benzene rings is 2. The number of nitrogens with zero attached hydrogens (tertiary/aromatic N) is 2. The topological polar surface area (TPSA) is 97.3 Å². The predicted octanol–water partition coefficient (Wildman–Crippen LogP) is 3.91. The molecule has 2 fully saturated rings. The van der Waals surface area contributed by atoms with Crippen LogP contribution in [0, 0.1) is 6.92 Å². The quantitative estimate of drug-likeness (QED) is 0.433. The molecule has 8 nitrogen and oxygen atoms in total. The summed E-state index contributed by atoms with van der Waals surface area (Å²) in [6.45, 7) is 7.86. The van der Waals surface area contributed by atoms with Crippen molar-refractivity contribution in [3.8, 4) is 11.4 Å². The Hall–Kier alpha value is -3.65.